The van der Waals surface area contributed by atoms with Gasteiger partial charge < -0.3 is 10.1 Å². The molecular weight excluding hydrogens is 266 g/mol. The lowest BCUT2D eigenvalue weighted by Gasteiger charge is -2.32. The number of aromatic nitrogens is 1. The van der Waals surface area contributed by atoms with Crippen LogP contribution in [0.3, 0.4) is 0 Å². The van der Waals surface area contributed by atoms with Crippen LogP contribution in [0.1, 0.15) is 31.5 Å². The molecule has 116 valence electrons. The predicted molar refractivity (Wildman–Crippen MR) is 81.9 cm³/mol. The molecule has 0 spiro atoms. The van der Waals surface area contributed by atoms with Crippen LogP contribution in [0.5, 0.6) is 0 Å². The molecule has 21 heavy (non-hydrogen) atoms. The third kappa shape index (κ3) is 5.44. The second-order valence-corrected chi connectivity index (χ2v) is 5.51. The number of hydrogen-bond acceptors (Lipinski definition) is 4. The molecule has 2 rings (SSSR count). The number of hydrogen-bond donors (Lipinski definition) is 1. The summed E-state index contributed by atoms with van der Waals surface area (Å²) in [6, 6.07) is 4.26. The van der Waals surface area contributed by atoms with E-state index in [0.717, 1.165) is 44.8 Å². The lowest BCUT2D eigenvalue weighted by Crippen LogP contribution is -2.43. The summed E-state index contributed by atoms with van der Waals surface area (Å²) in [5, 5.41) is 2.82. The van der Waals surface area contributed by atoms with Crippen molar-refractivity contribution in [3.63, 3.8) is 0 Å². The zero-order valence-electron chi connectivity index (χ0n) is 13.0. The standard InChI is InChI=1S/C16H25N3O2/c1-3-14-4-5-15(18-10-14)11-19-8-9-21-16(12-19)6-7-17-13(2)20/h4-5,10,16H,3,6-9,11-12H2,1-2H3,(H,17,20). The molecule has 1 atom stereocenters. The summed E-state index contributed by atoms with van der Waals surface area (Å²) in [7, 11) is 0. The lowest BCUT2D eigenvalue weighted by atomic mass is 10.2. The molecule has 1 N–H and O–H groups in total. The summed E-state index contributed by atoms with van der Waals surface area (Å²) >= 11 is 0. The first kappa shape index (κ1) is 15.9. The van der Waals surface area contributed by atoms with Gasteiger partial charge >= 0.3 is 0 Å². The van der Waals surface area contributed by atoms with Crippen molar-refractivity contribution in [1.29, 1.82) is 0 Å². The van der Waals surface area contributed by atoms with E-state index in [9.17, 15) is 4.79 Å². The first-order chi connectivity index (χ1) is 10.2. The van der Waals surface area contributed by atoms with Crippen molar-refractivity contribution < 1.29 is 9.53 Å². The highest BCUT2D eigenvalue weighted by molar-refractivity contribution is 5.72. The molecule has 0 aliphatic carbocycles. The Morgan fingerprint density at radius 1 is 1.52 bits per heavy atom. The number of morpholine rings is 1. The fourth-order valence-electron chi connectivity index (χ4n) is 2.49. The SMILES string of the molecule is CCc1ccc(CN2CCOC(CCNC(C)=O)C2)nc1. The van der Waals surface area contributed by atoms with Crippen LogP contribution in [0.2, 0.25) is 0 Å². The number of rotatable bonds is 6. The molecule has 5 heteroatoms. The molecule has 1 aromatic heterocycles. The molecule has 1 aromatic rings. The van der Waals surface area contributed by atoms with Gasteiger partial charge in [-0.25, -0.2) is 0 Å². The number of nitrogens with zero attached hydrogens (tertiary/aromatic N) is 2. The number of nitrogens with one attached hydrogen (secondary N) is 1. The third-order valence-electron chi connectivity index (χ3n) is 3.74. The number of pyridine rings is 1. The Bertz CT molecular complexity index is 447. The molecule has 1 saturated heterocycles. The minimum Gasteiger partial charge on any atom is -0.375 e. The monoisotopic (exact) mass is 291 g/mol. The second-order valence-electron chi connectivity index (χ2n) is 5.51. The molecule has 1 amide bonds. The third-order valence-corrected chi connectivity index (χ3v) is 3.74. The smallest absolute Gasteiger partial charge is 0.216 e. The number of ether oxygens (including phenoxy) is 1. The van der Waals surface area contributed by atoms with Crippen molar-refractivity contribution >= 4 is 5.91 Å². The highest BCUT2D eigenvalue weighted by Crippen LogP contribution is 2.12. The summed E-state index contributed by atoms with van der Waals surface area (Å²) in [5.74, 6) is 0.0166. The van der Waals surface area contributed by atoms with Crippen LogP contribution in [-0.4, -0.2) is 48.1 Å². The van der Waals surface area contributed by atoms with Crippen molar-refractivity contribution in [3.05, 3.63) is 29.6 Å². The summed E-state index contributed by atoms with van der Waals surface area (Å²) in [5.41, 5.74) is 2.38. The average molecular weight is 291 g/mol. The molecule has 1 fully saturated rings. The zero-order chi connectivity index (χ0) is 15.1. The van der Waals surface area contributed by atoms with Crippen LogP contribution in [0.15, 0.2) is 18.3 Å². The molecule has 0 aromatic carbocycles. The first-order valence-electron chi connectivity index (χ1n) is 7.69. The van der Waals surface area contributed by atoms with Gasteiger partial charge in [-0.2, -0.15) is 0 Å². The number of aryl methyl sites for hydroxylation is 1. The number of carbonyl (C=O) groups is 1. The van der Waals surface area contributed by atoms with Crippen LogP contribution in [-0.2, 0) is 22.5 Å². The summed E-state index contributed by atoms with van der Waals surface area (Å²) in [6.07, 6.45) is 4.04. The van der Waals surface area contributed by atoms with Gasteiger partial charge in [-0.15, -0.1) is 0 Å². The van der Waals surface area contributed by atoms with Gasteiger partial charge in [-0.1, -0.05) is 13.0 Å². The summed E-state index contributed by atoms with van der Waals surface area (Å²) < 4.78 is 5.75. The molecule has 0 saturated carbocycles. The Morgan fingerprint density at radius 3 is 3.05 bits per heavy atom. The first-order valence-corrected chi connectivity index (χ1v) is 7.69. The highest BCUT2D eigenvalue weighted by atomic mass is 16.5. The van der Waals surface area contributed by atoms with Crippen LogP contribution >= 0.6 is 0 Å². The normalized spacial score (nSPS) is 19.4. The van der Waals surface area contributed by atoms with E-state index in [-0.39, 0.29) is 12.0 Å². The van der Waals surface area contributed by atoms with Gasteiger partial charge in [0, 0.05) is 39.3 Å². The van der Waals surface area contributed by atoms with E-state index < -0.39 is 0 Å². The van der Waals surface area contributed by atoms with E-state index in [4.69, 9.17) is 4.74 Å². The van der Waals surface area contributed by atoms with Gasteiger partial charge in [0.25, 0.3) is 0 Å². The maximum atomic E-state index is 10.9. The van der Waals surface area contributed by atoms with Gasteiger partial charge in [0.1, 0.15) is 0 Å². The van der Waals surface area contributed by atoms with Gasteiger partial charge in [-0.05, 0) is 24.5 Å². The van der Waals surface area contributed by atoms with E-state index >= 15 is 0 Å². The second kappa shape index (κ2) is 8.10. The molecule has 1 unspecified atom stereocenters. The highest BCUT2D eigenvalue weighted by Gasteiger charge is 2.20. The van der Waals surface area contributed by atoms with Crippen LogP contribution in [0.4, 0.5) is 0 Å². The van der Waals surface area contributed by atoms with E-state index in [1.54, 1.807) is 6.92 Å². The lowest BCUT2D eigenvalue weighted by molar-refractivity contribution is -0.119. The predicted octanol–water partition coefficient (Wildman–Crippen LogP) is 1.37. The van der Waals surface area contributed by atoms with E-state index in [0.29, 0.717) is 6.54 Å². The van der Waals surface area contributed by atoms with Gasteiger partial charge in [-0.3, -0.25) is 14.7 Å². The summed E-state index contributed by atoms with van der Waals surface area (Å²) in [6.45, 7) is 7.81. The van der Waals surface area contributed by atoms with E-state index in [2.05, 4.69) is 34.3 Å². The molecular formula is C16H25N3O2. The van der Waals surface area contributed by atoms with Gasteiger partial charge in [0.05, 0.1) is 18.4 Å². The Labute approximate surface area is 126 Å². The molecule has 1 aliphatic rings. The molecule has 5 nitrogen and oxygen atoms in total. The van der Waals surface area contributed by atoms with Crippen molar-refractivity contribution in [1.82, 2.24) is 15.2 Å². The van der Waals surface area contributed by atoms with Crippen LogP contribution in [0.25, 0.3) is 0 Å². The van der Waals surface area contributed by atoms with Crippen molar-refractivity contribution in [2.45, 2.75) is 39.3 Å². The average Bonchev–Trinajstić information content (AvgIpc) is 2.48. The minimum atomic E-state index is 0.0166. The minimum absolute atomic E-state index is 0.0166. The Kier molecular flexibility index (Phi) is 6.14. The number of carbonyl (C=O) groups excluding carboxylic acids is 1. The largest absolute Gasteiger partial charge is 0.375 e. The van der Waals surface area contributed by atoms with Crippen molar-refractivity contribution in [2.24, 2.45) is 0 Å². The maximum absolute atomic E-state index is 10.9. The Hall–Kier alpha value is -1.46. The maximum Gasteiger partial charge on any atom is 0.216 e. The molecule has 2 heterocycles. The van der Waals surface area contributed by atoms with Crippen LogP contribution < -0.4 is 5.32 Å². The molecule has 1 aliphatic heterocycles. The molecule has 0 bridgehead atoms. The van der Waals surface area contributed by atoms with E-state index in [1.807, 2.05) is 6.20 Å². The van der Waals surface area contributed by atoms with Gasteiger partial charge in [0.2, 0.25) is 5.91 Å². The Balaban J connectivity index is 1.78. The number of amides is 1. The van der Waals surface area contributed by atoms with Crippen molar-refractivity contribution in [2.75, 3.05) is 26.2 Å². The summed E-state index contributed by atoms with van der Waals surface area (Å²) in [4.78, 5) is 17.8. The fourth-order valence-corrected chi connectivity index (χ4v) is 2.49. The topological polar surface area (TPSA) is 54.5 Å². The quantitative estimate of drug-likeness (QED) is 0.860. The molecule has 0 radical (unpaired) electrons. The fraction of sp³-hybridized carbons (Fsp3) is 0.625. The van der Waals surface area contributed by atoms with Crippen LogP contribution in [0, 0.1) is 0 Å². The van der Waals surface area contributed by atoms with Gasteiger partial charge in [0.15, 0.2) is 0 Å². The van der Waals surface area contributed by atoms with Crippen molar-refractivity contribution in [3.8, 4) is 0 Å². The van der Waals surface area contributed by atoms with E-state index in [1.165, 1.54) is 5.56 Å². The zero-order valence-corrected chi connectivity index (χ0v) is 13.0. The Morgan fingerprint density at radius 2 is 2.38 bits per heavy atom.